The average molecular weight is 349 g/mol. The van der Waals surface area contributed by atoms with Gasteiger partial charge in [-0.05, 0) is 38.1 Å². The van der Waals surface area contributed by atoms with Gasteiger partial charge in [0.25, 0.3) is 0 Å². The molecule has 6 heteroatoms. The third kappa shape index (κ3) is 5.70. The molecule has 1 saturated heterocycles. The predicted octanol–water partition coefficient (Wildman–Crippen LogP) is 3.45. The molecule has 118 valence electrons. The molecule has 0 atom stereocenters. The SMILES string of the molecule is CN(C(=O)CCSc1ccccc1Cl)C1CCNCC1.Cl. The zero-order valence-corrected chi connectivity index (χ0v) is 14.6. The number of rotatable bonds is 5. The number of carbonyl (C=O) groups is 1. The molecule has 0 unspecified atom stereocenters. The van der Waals surface area contributed by atoms with E-state index in [-0.39, 0.29) is 18.3 Å². The van der Waals surface area contributed by atoms with Crippen molar-refractivity contribution in [2.45, 2.75) is 30.2 Å². The molecular formula is C15H22Cl2N2OS. The van der Waals surface area contributed by atoms with Crippen molar-refractivity contribution in [3.63, 3.8) is 0 Å². The molecule has 0 bridgehead atoms. The van der Waals surface area contributed by atoms with E-state index in [2.05, 4.69) is 5.32 Å². The number of thioether (sulfide) groups is 1. The van der Waals surface area contributed by atoms with Crippen LogP contribution < -0.4 is 5.32 Å². The van der Waals surface area contributed by atoms with Gasteiger partial charge in [-0.2, -0.15) is 0 Å². The van der Waals surface area contributed by atoms with Gasteiger partial charge in [0.05, 0.1) is 5.02 Å². The van der Waals surface area contributed by atoms with Crippen LogP contribution in [0.15, 0.2) is 29.2 Å². The van der Waals surface area contributed by atoms with Crippen molar-refractivity contribution in [1.82, 2.24) is 10.2 Å². The summed E-state index contributed by atoms with van der Waals surface area (Å²) in [5.74, 6) is 1.01. The van der Waals surface area contributed by atoms with E-state index < -0.39 is 0 Å². The maximum atomic E-state index is 12.2. The number of hydrogen-bond donors (Lipinski definition) is 1. The first kappa shape index (κ1) is 18.6. The number of piperidine rings is 1. The number of hydrogen-bond acceptors (Lipinski definition) is 3. The lowest BCUT2D eigenvalue weighted by Gasteiger charge is -2.31. The summed E-state index contributed by atoms with van der Waals surface area (Å²) < 4.78 is 0. The molecule has 2 rings (SSSR count). The van der Waals surface area contributed by atoms with Crippen LogP contribution in [0.5, 0.6) is 0 Å². The van der Waals surface area contributed by atoms with E-state index in [0.717, 1.165) is 41.6 Å². The first-order chi connectivity index (χ1) is 9.68. The highest BCUT2D eigenvalue weighted by molar-refractivity contribution is 7.99. The van der Waals surface area contributed by atoms with Crippen molar-refractivity contribution in [3.8, 4) is 0 Å². The molecule has 1 fully saturated rings. The van der Waals surface area contributed by atoms with Gasteiger partial charge < -0.3 is 10.2 Å². The van der Waals surface area contributed by atoms with Gasteiger partial charge in [0.1, 0.15) is 0 Å². The van der Waals surface area contributed by atoms with Crippen LogP contribution in [0.4, 0.5) is 0 Å². The van der Waals surface area contributed by atoms with Crippen molar-refractivity contribution in [2.75, 3.05) is 25.9 Å². The van der Waals surface area contributed by atoms with Crippen molar-refractivity contribution >= 4 is 41.7 Å². The first-order valence-corrected chi connectivity index (χ1v) is 8.38. The monoisotopic (exact) mass is 348 g/mol. The Hall–Kier alpha value is -0.420. The van der Waals surface area contributed by atoms with E-state index >= 15 is 0 Å². The summed E-state index contributed by atoms with van der Waals surface area (Å²) in [6, 6.07) is 8.16. The lowest BCUT2D eigenvalue weighted by atomic mass is 10.1. The van der Waals surface area contributed by atoms with E-state index in [1.165, 1.54) is 0 Å². The lowest BCUT2D eigenvalue weighted by Crippen LogP contribution is -2.44. The van der Waals surface area contributed by atoms with Crippen molar-refractivity contribution in [2.24, 2.45) is 0 Å². The standard InChI is InChI=1S/C15H21ClN2OS.ClH/c1-18(12-6-9-17-10-7-12)15(19)8-11-20-14-5-3-2-4-13(14)16;/h2-5,12,17H,6-11H2,1H3;1H. The summed E-state index contributed by atoms with van der Waals surface area (Å²) in [6.45, 7) is 2.02. The Bertz CT molecular complexity index is 453. The van der Waals surface area contributed by atoms with E-state index in [4.69, 9.17) is 11.6 Å². The minimum atomic E-state index is 0. The summed E-state index contributed by atoms with van der Waals surface area (Å²) in [5, 5.41) is 4.08. The Kier molecular flexibility index (Phi) is 8.49. The fourth-order valence-electron chi connectivity index (χ4n) is 2.38. The zero-order chi connectivity index (χ0) is 14.4. The highest BCUT2D eigenvalue weighted by Crippen LogP contribution is 2.27. The summed E-state index contributed by atoms with van der Waals surface area (Å²) in [7, 11) is 1.93. The minimum Gasteiger partial charge on any atom is -0.343 e. The third-order valence-corrected chi connectivity index (χ3v) is 5.18. The van der Waals surface area contributed by atoms with Gasteiger partial charge in [-0.3, -0.25) is 4.79 Å². The van der Waals surface area contributed by atoms with Gasteiger partial charge in [-0.15, -0.1) is 24.2 Å². The van der Waals surface area contributed by atoms with Crippen molar-refractivity contribution < 1.29 is 4.79 Å². The largest absolute Gasteiger partial charge is 0.343 e. The van der Waals surface area contributed by atoms with Crippen LogP contribution in [-0.2, 0) is 4.79 Å². The van der Waals surface area contributed by atoms with Crippen LogP contribution >= 0.6 is 35.8 Å². The molecule has 1 N–H and O–H groups in total. The lowest BCUT2D eigenvalue weighted by molar-refractivity contribution is -0.131. The van der Waals surface area contributed by atoms with E-state index in [1.54, 1.807) is 11.8 Å². The number of nitrogens with one attached hydrogen (secondary N) is 1. The van der Waals surface area contributed by atoms with E-state index in [0.29, 0.717) is 12.5 Å². The van der Waals surface area contributed by atoms with Crippen LogP contribution in [0.3, 0.4) is 0 Å². The normalized spacial score (nSPS) is 15.3. The molecule has 1 aliphatic heterocycles. The molecule has 0 aliphatic carbocycles. The van der Waals surface area contributed by atoms with Gasteiger partial charge in [-0.25, -0.2) is 0 Å². The molecule has 0 aromatic heterocycles. The molecule has 0 radical (unpaired) electrons. The second kappa shape index (κ2) is 9.57. The highest BCUT2D eigenvalue weighted by atomic mass is 35.5. The summed E-state index contributed by atoms with van der Waals surface area (Å²) in [5.41, 5.74) is 0. The molecule has 0 saturated carbocycles. The van der Waals surface area contributed by atoms with Gasteiger partial charge >= 0.3 is 0 Å². The number of nitrogens with zero attached hydrogens (tertiary/aromatic N) is 1. The molecule has 0 spiro atoms. The van der Waals surface area contributed by atoms with Crippen LogP contribution in [0.25, 0.3) is 0 Å². The van der Waals surface area contributed by atoms with Gasteiger partial charge in [0.15, 0.2) is 0 Å². The summed E-state index contributed by atoms with van der Waals surface area (Å²) in [6.07, 6.45) is 2.68. The van der Waals surface area contributed by atoms with Crippen LogP contribution in [-0.4, -0.2) is 42.7 Å². The maximum absolute atomic E-state index is 12.2. The second-order valence-electron chi connectivity index (χ2n) is 5.01. The Morgan fingerprint density at radius 3 is 2.71 bits per heavy atom. The Morgan fingerprint density at radius 2 is 2.05 bits per heavy atom. The second-order valence-corrected chi connectivity index (χ2v) is 6.56. The molecular weight excluding hydrogens is 327 g/mol. The molecule has 1 aromatic rings. The van der Waals surface area contributed by atoms with Gasteiger partial charge in [0.2, 0.25) is 5.91 Å². The Balaban J connectivity index is 0.00000220. The molecule has 21 heavy (non-hydrogen) atoms. The molecule has 1 amide bonds. The summed E-state index contributed by atoms with van der Waals surface area (Å²) in [4.78, 5) is 15.1. The number of carbonyl (C=O) groups excluding carboxylic acids is 1. The number of halogens is 2. The fraction of sp³-hybridized carbons (Fsp3) is 0.533. The minimum absolute atomic E-state index is 0. The predicted molar refractivity (Wildman–Crippen MR) is 92.7 cm³/mol. The van der Waals surface area contributed by atoms with Gasteiger partial charge in [0, 0.05) is 30.2 Å². The first-order valence-electron chi connectivity index (χ1n) is 7.02. The fourth-order valence-corrected chi connectivity index (χ4v) is 3.56. The molecule has 1 aliphatic rings. The molecule has 1 aromatic carbocycles. The smallest absolute Gasteiger partial charge is 0.223 e. The van der Waals surface area contributed by atoms with Crippen molar-refractivity contribution in [1.29, 1.82) is 0 Å². The van der Waals surface area contributed by atoms with E-state index in [1.807, 2.05) is 36.2 Å². The Morgan fingerprint density at radius 1 is 1.38 bits per heavy atom. The van der Waals surface area contributed by atoms with Crippen LogP contribution in [0.1, 0.15) is 19.3 Å². The van der Waals surface area contributed by atoms with E-state index in [9.17, 15) is 4.79 Å². The number of amides is 1. The zero-order valence-electron chi connectivity index (χ0n) is 12.2. The number of benzene rings is 1. The molecule has 3 nitrogen and oxygen atoms in total. The average Bonchev–Trinajstić information content (AvgIpc) is 2.49. The maximum Gasteiger partial charge on any atom is 0.223 e. The highest BCUT2D eigenvalue weighted by Gasteiger charge is 2.21. The quantitative estimate of drug-likeness (QED) is 0.827. The third-order valence-electron chi connectivity index (χ3n) is 3.66. The molecule has 1 heterocycles. The Labute approximate surface area is 142 Å². The van der Waals surface area contributed by atoms with Gasteiger partial charge in [-0.1, -0.05) is 23.7 Å². The van der Waals surface area contributed by atoms with Crippen LogP contribution in [0, 0.1) is 0 Å². The van der Waals surface area contributed by atoms with Crippen molar-refractivity contribution in [3.05, 3.63) is 29.3 Å². The summed E-state index contributed by atoms with van der Waals surface area (Å²) >= 11 is 7.75. The van der Waals surface area contributed by atoms with Crippen LogP contribution in [0.2, 0.25) is 5.02 Å². The topological polar surface area (TPSA) is 32.3 Å².